The third kappa shape index (κ3) is 2.59. The van der Waals surface area contributed by atoms with E-state index in [1.165, 1.54) is 10.4 Å². The average Bonchev–Trinajstić information content (AvgIpc) is 3.32. The maximum atomic E-state index is 12.6. The molecule has 0 saturated carbocycles. The number of anilines is 1. The molecule has 0 saturated heterocycles. The van der Waals surface area contributed by atoms with Crippen LogP contribution in [0.25, 0.3) is 11.3 Å². The first kappa shape index (κ1) is 15.0. The molecule has 0 spiro atoms. The molecule has 4 rings (SSSR count). The number of thiophene rings is 1. The van der Waals surface area contributed by atoms with Crippen LogP contribution in [0, 0.1) is 0 Å². The van der Waals surface area contributed by atoms with E-state index in [-0.39, 0.29) is 5.91 Å². The number of ether oxygens (including phenoxy) is 1. The van der Waals surface area contributed by atoms with Gasteiger partial charge in [0.05, 0.1) is 25.3 Å². The van der Waals surface area contributed by atoms with Crippen molar-refractivity contribution in [3.05, 3.63) is 52.1 Å². The monoisotopic (exact) mass is 339 g/mol. The molecule has 0 aliphatic heterocycles. The minimum absolute atomic E-state index is 0.111. The molecule has 2 heterocycles. The Kier molecular flexibility index (Phi) is 3.82. The number of nitrogens with zero attached hydrogens (tertiary/aromatic N) is 1. The Hall–Kier alpha value is -2.60. The SMILES string of the molecule is COc1c(C(=O)Nc2ccc(-c3cnc[nH]3)cc2)sc2c1CCC2. The number of aromatic amines is 1. The number of nitrogens with one attached hydrogen (secondary N) is 2. The van der Waals surface area contributed by atoms with Gasteiger partial charge in [-0.3, -0.25) is 4.79 Å². The number of aryl methyl sites for hydroxylation is 1. The molecule has 6 heteroatoms. The van der Waals surface area contributed by atoms with Gasteiger partial charge in [-0.2, -0.15) is 0 Å². The fourth-order valence-electron chi connectivity index (χ4n) is 3.08. The molecule has 2 N–H and O–H groups in total. The second-order valence-electron chi connectivity index (χ2n) is 5.72. The zero-order valence-electron chi connectivity index (χ0n) is 13.3. The summed E-state index contributed by atoms with van der Waals surface area (Å²) in [6.07, 6.45) is 6.61. The van der Waals surface area contributed by atoms with Crippen LogP contribution < -0.4 is 10.1 Å². The van der Waals surface area contributed by atoms with Crippen molar-refractivity contribution in [2.24, 2.45) is 0 Å². The van der Waals surface area contributed by atoms with Crippen molar-refractivity contribution in [3.8, 4) is 17.0 Å². The summed E-state index contributed by atoms with van der Waals surface area (Å²) in [5, 5.41) is 2.96. The molecule has 1 aliphatic rings. The van der Waals surface area contributed by atoms with Crippen LogP contribution in [0.3, 0.4) is 0 Å². The normalized spacial score (nSPS) is 12.9. The number of benzene rings is 1. The molecule has 2 aromatic heterocycles. The van der Waals surface area contributed by atoms with Crippen LogP contribution in [0.4, 0.5) is 5.69 Å². The summed E-state index contributed by atoms with van der Waals surface area (Å²) in [5.41, 5.74) is 3.95. The van der Waals surface area contributed by atoms with Crippen molar-refractivity contribution < 1.29 is 9.53 Å². The molecule has 5 nitrogen and oxygen atoms in total. The lowest BCUT2D eigenvalue weighted by molar-refractivity contribution is 0.102. The Morgan fingerprint density at radius 2 is 2.12 bits per heavy atom. The molecule has 0 atom stereocenters. The van der Waals surface area contributed by atoms with Crippen LogP contribution in [-0.4, -0.2) is 23.0 Å². The van der Waals surface area contributed by atoms with Crippen LogP contribution >= 0.6 is 11.3 Å². The highest BCUT2D eigenvalue weighted by atomic mass is 32.1. The van der Waals surface area contributed by atoms with E-state index in [9.17, 15) is 4.79 Å². The van der Waals surface area contributed by atoms with E-state index in [1.807, 2.05) is 24.3 Å². The van der Waals surface area contributed by atoms with Crippen molar-refractivity contribution >= 4 is 22.9 Å². The van der Waals surface area contributed by atoms with Gasteiger partial charge in [-0.25, -0.2) is 4.98 Å². The smallest absolute Gasteiger partial charge is 0.269 e. The van der Waals surface area contributed by atoms with Crippen molar-refractivity contribution in [2.75, 3.05) is 12.4 Å². The second-order valence-corrected chi connectivity index (χ2v) is 6.82. The van der Waals surface area contributed by atoms with Crippen LogP contribution in [0.2, 0.25) is 0 Å². The fourth-order valence-corrected chi connectivity index (χ4v) is 4.33. The van der Waals surface area contributed by atoms with Crippen LogP contribution in [0.1, 0.15) is 26.5 Å². The maximum Gasteiger partial charge on any atom is 0.269 e. The van der Waals surface area contributed by atoms with Gasteiger partial charge in [0.25, 0.3) is 5.91 Å². The highest BCUT2D eigenvalue weighted by molar-refractivity contribution is 7.14. The first-order chi connectivity index (χ1) is 11.8. The number of H-pyrrole nitrogens is 1. The summed E-state index contributed by atoms with van der Waals surface area (Å²) in [7, 11) is 1.64. The van der Waals surface area contributed by atoms with Crippen LogP contribution in [-0.2, 0) is 12.8 Å². The van der Waals surface area contributed by atoms with E-state index in [0.717, 1.165) is 42.0 Å². The molecular weight excluding hydrogens is 322 g/mol. The average molecular weight is 339 g/mol. The number of aromatic nitrogens is 2. The quantitative estimate of drug-likeness (QED) is 0.758. The minimum atomic E-state index is -0.111. The highest BCUT2D eigenvalue weighted by Crippen LogP contribution is 2.41. The molecule has 0 unspecified atom stereocenters. The Bertz CT molecular complexity index is 867. The number of rotatable bonds is 4. The van der Waals surface area contributed by atoms with E-state index in [2.05, 4.69) is 15.3 Å². The summed E-state index contributed by atoms with van der Waals surface area (Å²) in [6, 6.07) is 7.69. The first-order valence-corrected chi connectivity index (χ1v) is 8.66. The van der Waals surface area contributed by atoms with Crippen LogP contribution in [0.15, 0.2) is 36.8 Å². The number of methoxy groups -OCH3 is 1. The van der Waals surface area contributed by atoms with Gasteiger partial charge in [-0.05, 0) is 37.0 Å². The standard InChI is InChI=1S/C18H17N3O2S/c1-23-16-13-3-2-4-15(13)24-17(16)18(22)21-12-7-5-11(6-8-12)14-9-19-10-20-14/h5-10H,2-4H2,1H3,(H,19,20)(H,21,22). The summed E-state index contributed by atoms with van der Waals surface area (Å²) >= 11 is 1.55. The Morgan fingerprint density at radius 1 is 1.29 bits per heavy atom. The zero-order valence-corrected chi connectivity index (χ0v) is 14.1. The number of carbonyl (C=O) groups is 1. The molecule has 0 bridgehead atoms. The van der Waals surface area contributed by atoms with Gasteiger partial charge in [0.2, 0.25) is 0 Å². The molecule has 3 aromatic rings. The number of amides is 1. The summed E-state index contributed by atoms with van der Waals surface area (Å²) < 4.78 is 5.49. The predicted molar refractivity (Wildman–Crippen MR) is 94.9 cm³/mol. The molecule has 24 heavy (non-hydrogen) atoms. The van der Waals surface area contributed by atoms with Gasteiger partial charge in [-0.15, -0.1) is 11.3 Å². The summed E-state index contributed by atoms with van der Waals surface area (Å²) in [5.74, 6) is 0.639. The number of carbonyl (C=O) groups excluding carboxylic acids is 1. The Balaban J connectivity index is 1.54. The maximum absolute atomic E-state index is 12.6. The van der Waals surface area contributed by atoms with E-state index in [0.29, 0.717) is 4.88 Å². The predicted octanol–water partition coefficient (Wildman–Crippen LogP) is 3.89. The van der Waals surface area contributed by atoms with Gasteiger partial charge in [-0.1, -0.05) is 12.1 Å². The second kappa shape index (κ2) is 6.13. The number of fused-ring (bicyclic) bond motifs is 1. The molecule has 1 amide bonds. The van der Waals surface area contributed by atoms with Gasteiger partial charge in [0, 0.05) is 16.1 Å². The van der Waals surface area contributed by atoms with Crippen LogP contribution in [0.5, 0.6) is 5.75 Å². The van der Waals surface area contributed by atoms with Crippen molar-refractivity contribution in [1.29, 1.82) is 0 Å². The van der Waals surface area contributed by atoms with E-state index in [4.69, 9.17) is 4.74 Å². The van der Waals surface area contributed by atoms with E-state index < -0.39 is 0 Å². The fraction of sp³-hybridized carbons (Fsp3) is 0.222. The molecule has 1 aromatic carbocycles. The minimum Gasteiger partial charge on any atom is -0.495 e. The lowest BCUT2D eigenvalue weighted by atomic mass is 10.1. The van der Waals surface area contributed by atoms with Crippen molar-refractivity contribution in [2.45, 2.75) is 19.3 Å². The number of hydrogen-bond acceptors (Lipinski definition) is 4. The summed E-state index contributed by atoms with van der Waals surface area (Å²) in [4.78, 5) is 21.6. The largest absolute Gasteiger partial charge is 0.495 e. The third-order valence-corrected chi connectivity index (χ3v) is 5.51. The van der Waals surface area contributed by atoms with Gasteiger partial charge < -0.3 is 15.0 Å². The zero-order chi connectivity index (χ0) is 16.5. The molecule has 0 fully saturated rings. The van der Waals surface area contributed by atoms with E-state index in [1.54, 1.807) is 31.0 Å². The van der Waals surface area contributed by atoms with Gasteiger partial charge in [0.1, 0.15) is 10.6 Å². The number of imidazole rings is 1. The van der Waals surface area contributed by atoms with Gasteiger partial charge in [0.15, 0.2) is 0 Å². The summed E-state index contributed by atoms with van der Waals surface area (Å²) in [6.45, 7) is 0. The van der Waals surface area contributed by atoms with Crippen molar-refractivity contribution in [3.63, 3.8) is 0 Å². The molecule has 1 aliphatic carbocycles. The topological polar surface area (TPSA) is 67.0 Å². The molecule has 0 radical (unpaired) electrons. The molecular formula is C18H17N3O2S. The first-order valence-electron chi connectivity index (χ1n) is 7.85. The lowest BCUT2D eigenvalue weighted by Gasteiger charge is -2.07. The van der Waals surface area contributed by atoms with Gasteiger partial charge >= 0.3 is 0 Å². The lowest BCUT2D eigenvalue weighted by Crippen LogP contribution is -2.11. The Labute approximate surface area is 143 Å². The Morgan fingerprint density at radius 3 is 2.83 bits per heavy atom. The highest BCUT2D eigenvalue weighted by Gasteiger charge is 2.26. The number of hydrogen-bond donors (Lipinski definition) is 2. The van der Waals surface area contributed by atoms with E-state index >= 15 is 0 Å². The molecule has 122 valence electrons. The van der Waals surface area contributed by atoms with Crippen molar-refractivity contribution in [1.82, 2.24) is 9.97 Å². The third-order valence-electron chi connectivity index (χ3n) is 4.24.